The molecule has 3 N–H and O–H groups in total. The Morgan fingerprint density at radius 1 is 1.38 bits per heavy atom. The minimum atomic E-state index is -0.0778. The lowest BCUT2D eigenvalue weighted by Gasteiger charge is -2.09. The smallest absolute Gasteiger partial charge is 0.224 e. The van der Waals surface area contributed by atoms with Gasteiger partial charge in [-0.15, -0.1) is 0 Å². The average Bonchev–Trinajstić information content (AvgIpc) is 2.29. The third kappa shape index (κ3) is 4.31. The fourth-order valence-corrected chi connectivity index (χ4v) is 1.21. The quantitative estimate of drug-likeness (QED) is 0.687. The Labute approximate surface area is 94.9 Å². The third-order valence-electron chi connectivity index (χ3n) is 2.26. The SMILES string of the molecule is CC(CO)CNC(=O)Cc1ccc(O)cc1. The van der Waals surface area contributed by atoms with Crippen LogP contribution in [0.1, 0.15) is 12.5 Å². The highest BCUT2D eigenvalue weighted by atomic mass is 16.3. The molecule has 0 saturated carbocycles. The fraction of sp³-hybridized carbons (Fsp3) is 0.417. The van der Waals surface area contributed by atoms with Crippen LogP contribution >= 0.6 is 0 Å². The summed E-state index contributed by atoms with van der Waals surface area (Å²) in [5.74, 6) is 0.188. The van der Waals surface area contributed by atoms with Crippen molar-refractivity contribution in [2.75, 3.05) is 13.2 Å². The summed E-state index contributed by atoms with van der Waals surface area (Å²) in [4.78, 5) is 11.5. The molecule has 1 atom stereocenters. The normalized spacial score (nSPS) is 12.1. The molecule has 88 valence electrons. The molecule has 1 amide bonds. The minimum Gasteiger partial charge on any atom is -0.508 e. The maximum atomic E-state index is 11.5. The van der Waals surface area contributed by atoms with E-state index < -0.39 is 0 Å². The zero-order chi connectivity index (χ0) is 12.0. The highest BCUT2D eigenvalue weighted by Gasteiger charge is 2.05. The highest BCUT2D eigenvalue weighted by Crippen LogP contribution is 2.09. The van der Waals surface area contributed by atoms with E-state index in [-0.39, 0.29) is 24.2 Å². The van der Waals surface area contributed by atoms with E-state index in [0.29, 0.717) is 13.0 Å². The summed E-state index contributed by atoms with van der Waals surface area (Å²) < 4.78 is 0. The number of nitrogens with one attached hydrogen (secondary N) is 1. The Bertz CT molecular complexity index is 335. The summed E-state index contributed by atoms with van der Waals surface area (Å²) >= 11 is 0. The van der Waals surface area contributed by atoms with Crippen molar-refractivity contribution in [1.29, 1.82) is 0 Å². The van der Waals surface area contributed by atoms with E-state index in [1.165, 1.54) is 0 Å². The van der Waals surface area contributed by atoms with E-state index in [4.69, 9.17) is 10.2 Å². The van der Waals surface area contributed by atoms with Gasteiger partial charge in [-0.25, -0.2) is 0 Å². The monoisotopic (exact) mass is 223 g/mol. The van der Waals surface area contributed by atoms with Crippen LogP contribution in [0.2, 0.25) is 0 Å². The maximum absolute atomic E-state index is 11.5. The van der Waals surface area contributed by atoms with E-state index in [9.17, 15) is 4.79 Å². The van der Waals surface area contributed by atoms with Gasteiger partial charge in [0.1, 0.15) is 5.75 Å². The van der Waals surface area contributed by atoms with E-state index in [1.807, 2.05) is 6.92 Å². The van der Waals surface area contributed by atoms with Gasteiger partial charge in [-0.1, -0.05) is 19.1 Å². The molecule has 0 radical (unpaired) electrons. The Balaban J connectivity index is 2.37. The van der Waals surface area contributed by atoms with Gasteiger partial charge in [0.25, 0.3) is 0 Å². The Morgan fingerprint density at radius 2 is 2.00 bits per heavy atom. The molecule has 0 spiro atoms. The molecule has 0 bridgehead atoms. The van der Waals surface area contributed by atoms with Crippen molar-refractivity contribution in [2.24, 2.45) is 5.92 Å². The Morgan fingerprint density at radius 3 is 2.56 bits per heavy atom. The number of hydrogen-bond donors (Lipinski definition) is 3. The van der Waals surface area contributed by atoms with Crippen molar-refractivity contribution < 1.29 is 15.0 Å². The van der Waals surface area contributed by atoms with Crippen molar-refractivity contribution in [2.45, 2.75) is 13.3 Å². The molecule has 0 aliphatic rings. The molecule has 0 fully saturated rings. The number of amides is 1. The average molecular weight is 223 g/mol. The molecule has 0 aromatic heterocycles. The first-order valence-corrected chi connectivity index (χ1v) is 5.27. The first-order valence-electron chi connectivity index (χ1n) is 5.27. The molecule has 4 heteroatoms. The lowest BCUT2D eigenvalue weighted by molar-refractivity contribution is -0.120. The number of hydrogen-bond acceptors (Lipinski definition) is 3. The van der Waals surface area contributed by atoms with Crippen molar-refractivity contribution in [3.8, 4) is 5.75 Å². The molecule has 0 aliphatic carbocycles. The maximum Gasteiger partial charge on any atom is 0.224 e. The van der Waals surface area contributed by atoms with Gasteiger partial charge in [-0.05, 0) is 23.6 Å². The molecule has 16 heavy (non-hydrogen) atoms. The summed E-state index contributed by atoms with van der Waals surface area (Å²) in [6.07, 6.45) is 0.290. The van der Waals surface area contributed by atoms with E-state index in [1.54, 1.807) is 24.3 Å². The summed E-state index contributed by atoms with van der Waals surface area (Å²) in [6, 6.07) is 6.53. The molecule has 0 saturated heterocycles. The number of aliphatic hydroxyl groups excluding tert-OH is 1. The molecular formula is C12H17NO3. The molecule has 1 unspecified atom stereocenters. The van der Waals surface area contributed by atoms with Crippen LogP contribution in [0.15, 0.2) is 24.3 Å². The lowest BCUT2D eigenvalue weighted by atomic mass is 10.1. The second-order valence-electron chi connectivity index (χ2n) is 3.94. The van der Waals surface area contributed by atoms with Crippen LogP contribution in [0.3, 0.4) is 0 Å². The molecule has 1 rings (SSSR count). The predicted octanol–water partition coefficient (Wildman–Crippen LogP) is 0.679. The van der Waals surface area contributed by atoms with Gasteiger partial charge in [0, 0.05) is 13.2 Å². The zero-order valence-corrected chi connectivity index (χ0v) is 9.31. The van der Waals surface area contributed by atoms with Gasteiger partial charge in [0.15, 0.2) is 0 Å². The lowest BCUT2D eigenvalue weighted by Crippen LogP contribution is -2.30. The van der Waals surface area contributed by atoms with Crippen molar-refractivity contribution in [3.63, 3.8) is 0 Å². The molecule has 0 heterocycles. The van der Waals surface area contributed by atoms with Crippen molar-refractivity contribution >= 4 is 5.91 Å². The Kier molecular flexibility index (Phi) is 4.79. The first kappa shape index (κ1) is 12.5. The summed E-state index contributed by atoms with van der Waals surface area (Å²) in [5.41, 5.74) is 0.854. The van der Waals surface area contributed by atoms with Gasteiger partial charge in [-0.3, -0.25) is 4.79 Å². The van der Waals surface area contributed by atoms with Crippen LogP contribution in [0.5, 0.6) is 5.75 Å². The standard InChI is InChI=1S/C12H17NO3/c1-9(8-14)7-13-12(16)6-10-2-4-11(15)5-3-10/h2-5,9,14-15H,6-8H2,1H3,(H,13,16). The van der Waals surface area contributed by atoms with E-state index in [2.05, 4.69) is 5.32 Å². The van der Waals surface area contributed by atoms with Gasteiger partial charge in [-0.2, -0.15) is 0 Å². The number of phenols is 1. The molecule has 1 aromatic carbocycles. The van der Waals surface area contributed by atoms with Gasteiger partial charge in [0.05, 0.1) is 6.42 Å². The Hall–Kier alpha value is -1.55. The van der Waals surface area contributed by atoms with Crippen LogP contribution in [0, 0.1) is 5.92 Å². The second-order valence-corrected chi connectivity index (χ2v) is 3.94. The topological polar surface area (TPSA) is 69.6 Å². The summed E-state index contributed by atoms with van der Waals surface area (Å²) in [7, 11) is 0. The molecule has 4 nitrogen and oxygen atoms in total. The number of benzene rings is 1. The summed E-state index contributed by atoms with van der Waals surface area (Å²) in [5, 5.41) is 20.6. The van der Waals surface area contributed by atoms with Crippen LogP contribution in [-0.4, -0.2) is 29.3 Å². The highest BCUT2D eigenvalue weighted by molar-refractivity contribution is 5.78. The predicted molar refractivity (Wildman–Crippen MR) is 61.1 cm³/mol. The number of carbonyl (C=O) groups is 1. The number of rotatable bonds is 5. The van der Waals surface area contributed by atoms with Crippen molar-refractivity contribution in [1.82, 2.24) is 5.32 Å². The fourth-order valence-electron chi connectivity index (χ4n) is 1.21. The van der Waals surface area contributed by atoms with Gasteiger partial charge < -0.3 is 15.5 Å². The van der Waals surface area contributed by atoms with Crippen LogP contribution in [-0.2, 0) is 11.2 Å². The molecule has 0 aliphatic heterocycles. The summed E-state index contributed by atoms with van der Waals surface area (Å²) in [6.45, 7) is 2.41. The largest absolute Gasteiger partial charge is 0.508 e. The van der Waals surface area contributed by atoms with Crippen LogP contribution < -0.4 is 5.32 Å². The third-order valence-corrected chi connectivity index (χ3v) is 2.26. The van der Waals surface area contributed by atoms with Gasteiger partial charge >= 0.3 is 0 Å². The van der Waals surface area contributed by atoms with Crippen molar-refractivity contribution in [3.05, 3.63) is 29.8 Å². The number of aliphatic hydroxyl groups is 1. The molecule has 1 aromatic rings. The zero-order valence-electron chi connectivity index (χ0n) is 9.31. The second kappa shape index (κ2) is 6.12. The van der Waals surface area contributed by atoms with E-state index in [0.717, 1.165) is 5.56 Å². The number of aromatic hydroxyl groups is 1. The number of phenolic OH excluding ortho intramolecular Hbond substituents is 1. The van der Waals surface area contributed by atoms with E-state index >= 15 is 0 Å². The van der Waals surface area contributed by atoms with Gasteiger partial charge in [0.2, 0.25) is 5.91 Å². The van der Waals surface area contributed by atoms with Crippen LogP contribution in [0.25, 0.3) is 0 Å². The number of carbonyl (C=O) groups excluding carboxylic acids is 1. The minimum absolute atomic E-state index is 0.0689. The first-order chi connectivity index (χ1) is 7.61. The molecular weight excluding hydrogens is 206 g/mol. The van der Waals surface area contributed by atoms with Crippen LogP contribution in [0.4, 0.5) is 0 Å².